The van der Waals surface area contributed by atoms with E-state index in [-0.39, 0.29) is 0 Å². The molecule has 0 atom stereocenters. The van der Waals surface area contributed by atoms with E-state index in [2.05, 4.69) is 35.7 Å². The highest BCUT2D eigenvalue weighted by Gasteiger charge is 2.21. The van der Waals surface area contributed by atoms with Gasteiger partial charge in [0.1, 0.15) is 47.9 Å². The number of hydrogen-bond acceptors (Lipinski definition) is 14. The van der Waals surface area contributed by atoms with Crippen molar-refractivity contribution in [2.75, 3.05) is 74.2 Å². The van der Waals surface area contributed by atoms with Crippen LogP contribution in [-0.2, 0) is 38.8 Å². The minimum atomic E-state index is 0.313. The third kappa shape index (κ3) is 13.1. The number of likely N-dealkylation sites (tertiary alicyclic amines) is 2. The summed E-state index contributed by atoms with van der Waals surface area (Å²) in [5, 5.41) is 10.3. The molecule has 10 rings (SSSR count). The topological polar surface area (TPSA) is 165 Å². The van der Waals surface area contributed by atoms with Crippen molar-refractivity contribution in [3.63, 3.8) is 0 Å². The van der Waals surface area contributed by atoms with Gasteiger partial charge in [0.2, 0.25) is 11.2 Å². The summed E-state index contributed by atoms with van der Waals surface area (Å²) in [6.45, 7) is 9.61. The zero-order valence-corrected chi connectivity index (χ0v) is 36.8. The summed E-state index contributed by atoms with van der Waals surface area (Å²) >= 11 is 5.90. The fraction of sp³-hybridized carbons (Fsp3) is 0.417. The van der Waals surface area contributed by atoms with Crippen molar-refractivity contribution < 1.29 is 18.3 Å². The molecule has 2 aliphatic carbocycles. The lowest BCUT2D eigenvalue weighted by Crippen LogP contribution is -2.25. The highest BCUT2D eigenvalue weighted by molar-refractivity contribution is 6.28. The molecule has 0 bridgehead atoms. The zero-order valence-electron chi connectivity index (χ0n) is 36.0. The summed E-state index contributed by atoms with van der Waals surface area (Å²) < 4.78 is 22.2. The molecule has 4 aromatic heterocycles. The first-order chi connectivity index (χ1) is 31.0. The van der Waals surface area contributed by atoms with E-state index in [9.17, 15) is 0 Å². The van der Waals surface area contributed by atoms with E-state index in [1.54, 1.807) is 12.5 Å². The lowest BCUT2D eigenvalue weighted by Gasteiger charge is -2.15. The molecule has 0 unspecified atom stereocenters. The number of aryl methyl sites for hydroxylation is 2. The highest BCUT2D eigenvalue weighted by Crippen LogP contribution is 2.30. The Kier molecular flexibility index (Phi) is 15.6. The van der Waals surface area contributed by atoms with Crippen LogP contribution < -0.4 is 31.2 Å². The largest absolute Gasteiger partial charge is 0.492 e. The van der Waals surface area contributed by atoms with Crippen LogP contribution in [-0.4, -0.2) is 82.2 Å². The summed E-state index contributed by atoms with van der Waals surface area (Å²) in [5.74, 6) is 5.91. The third-order valence-corrected chi connectivity index (χ3v) is 11.8. The van der Waals surface area contributed by atoms with Gasteiger partial charge in [0, 0.05) is 35.6 Å². The van der Waals surface area contributed by atoms with Gasteiger partial charge in [0.05, 0.1) is 37.0 Å². The number of ether oxygens (including phenoxy) is 2. The molecule has 15 heteroatoms. The van der Waals surface area contributed by atoms with E-state index in [0.717, 1.165) is 122 Å². The van der Waals surface area contributed by atoms with Gasteiger partial charge < -0.3 is 40.0 Å². The van der Waals surface area contributed by atoms with Gasteiger partial charge in [-0.25, -0.2) is 15.0 Å². The molecule has 5 N–H and O–H groups in total. The molecular formula is C48H59ClN10O4. The summed E-state index contributed by atoms with van der Waals surface area (Å²) in [6, 6.07) is 23.2. The van der Waals surface area contributed by atoms with E-state index in [4.69, 9.17) is 45.6 Å². The Morgan fingerprint density at radius 2 is 1.10 bits per heavy atom. The molecule has 4 aliphatic rings. The second kappa shape index (κ2) is 22.5. The van der Waals surface area contributed by atoms with Crippen molar-refractivity contribution in [3.8, 4) is 11.5 Å². The Morgan fingerprint density at radius 3 is 1.62 bits per heavy atom. The molecule has 6 aromatic rings. The number of halogens is 1. The lowest BCUT2D eigenvalue weighted by atomic mass is 10.2. The third-order valence-electron chi connectivity index (χ3n) is 11.6. The van der Waals surface area contributed by atoms with Crippen LogP contribution in [0.1, 0.15) is 72.6 Å². The van der Waals surface area contributed by atoms with Crippen LogP contribution in [0.5, 0.6) is 11.5 Å². The number of fused-ring (bicyclic) bond motifs is 2. The average molecular weight is 876 g/mol. The van der Waals surface area contributed by atoms with Gasteiger partial charge >= 0.3 is 0 Å². The van der Waals surface area contributed by atoms with Crippen molar-refractivity contribution in [2.24, 2.45) is 0 Å². The molecular weight excluding hydrogens is 816 g/mol. The van der Waals surface area contributed by atoms with E-state index >= 15 is 0 Å². The van der Waals surface area contributed by atoms with E-state index in [1.807, 2.05) is 72.8 Å². The smallest absolute Gasteiger partial charge is 0.229 e. The SMILES string of the molecule is Clc1nc2c(c(NCc3ccco3)n1)CCC2.Nc1ccc(OCCN2CCCC2)cc1.c1coc(CNc2nc(Nc3ccc(OCCN4CCCC4)cc3)nc3c2CCC3)c1. The second-order valence-corrected chi connectivity index (χ2v) is 16.5. The number of nitrogens with one attached hydrogen (secondary N) is 3. The number of benzene rings is 2. The number of furan rings is 2. The maximum absolute atomic E-state index is 5.90. The molecule has 2 aliphatic heterocycles. The zero-order chi connectivity index (χ0) is 43.1. The Hall–Kier alpha value is -5.83. The van der Waals surface area contributed by atoms with Gasteiger partial charge in [-0.15, -0.1) is 0 Å². The lowest BCUT2D eigenvalue weighted by molar-refractivity contribution is 0.237. The molecule has 332 valence electrons. The molecule has 14 nitrogen and oxygen atoms in total. The van der Waals surface area contributed by atoms with Gasteiger partial charge in [-0.1, -0.05) is 0 Å². The van der Waals surface area contributed by atoms with Gasteiger partial charge in [-0.2, -0.15) is 4.98 Å². The molecule has 63 heavy (non-hydrogen) atoms. The summed E-state index contributed by atoms with van der Waals surface area (Å²) in [5.41, 5.74) is 11.9. The van der Waals surface area contributed by atoms with Crippen molar-refractivity contribution >= 4 is 40.6 Å². The first-order valence-electron chi connectivity index (χ1n) is 22.4. The van der Waals surface area contributed by atoms with Crippen LogP contribution in [0.4, 0.5) is 29.0 Å². The number of nitrogens with zero attached hydrogens (tertiary/aromatic N) is 6. The van der Waals surface area contributed by atoms with Gasteiger partial charge in [0.25, 0.3) is 0 Å². The molecule has 2 aromatic carbocycles. The van der Waals surface area contributed by atoms with Crippen LogP contribution >= 0.6 is 11.6 Å². The van der Waals surface area contributed by atoms with Crippen molar-refractivity contribution in [3.05, 3.63) is 125 Å². The number of aromatic nitrogens is 4. The number of anilines is 5. The van der Waals surface area contributed by atoms with Crippen LogP contribution in [0.2, 0.25) is 5.28 Å². The first-order valence-corrected chi connectivity index (χ1v) is 22.8. The molecule has 6 heterocycles. The summed E-state index contributed by atoms with van der Waals surface area (Å²) in [4.78, 5) is 22.9. The molecule has 0 radical (unpaired) electrons. The fourth-order valence-corrected chi connectivity index (χ4v) is 8.46. The van der Waals surface area contributed by atoms with Gasteiger partial charge in [0.15, 0.2) is 0 Å². The molecule has 0 amide bonds. The van der Waals surface area contributed by atoms with Crippen molar-refractivity contribution in [1.29, 1.82) is 0 Å². The van der Waals surface area contributed by atoms with Gasteiger partial charge in [-0.3, -0.25) is 9.80 Å². The number of nitrogen functional groups attached to an aromatic ring is 1. The molecule has 0 saturated carbocycles. The Bertz CT molecular complexity index is 2280. The number of rotatable bonds is 16. The Morgan fingerprint density at radius 1 is 0.587 bits per heavy atom. The van der Waals surface area contributed by atoms with Crippen molar-refractivity contribution in [2.45, 2.75) is 77.3 Å². The predicted octanol–water partition coefficient (Wildman–Crippen LogP) is 8.96. The van der Waals surface area contributed by atoms with Gasteiger partial charge in [-0.05, 0) is 175 Å². The minimum Gasteiger partial charge on any atom is -0.492 e. The van der Waals surface area contributed by atoms with Crippen LogP contribution in [0.3, 0.4) is 0 Å². The number of hydrogen-bond donors (Lipinski definition) is 4. The van der Waals surface area contributed by atoms with Crippen LogP contribution in [0, 0.1) is 0 Å². The number of nitrogens with two attached hydrogens (primary N) is 1. The Balaban J connectivity index is 0.000000143. The summed E-state index contributed by atoms with van der Waals surface area (Å²) in [6.07, 6.45) is 14.9. The summed E-state index contributed by atoms with van der Waals surface area (Å²) in [7, 11) is 0. The fourth-order valence-electron chi connectivity index (χ4n) is 8.28. The maximum Gasteiger partial charge on any atom is 0.229 e. The second-order valence-electron chi connectivity index (χ2n) is 16.2. The average Bonchev–Trinajstić information content (AvgIpc) is 4.15. The van der Waals surface area contributed by atoms with Crippen LogP contribution in [0.15, 0.2) is 94.2 Å². The van der Waals surface area contributed by atoms with Crippen molar-refractivity contribution in [1.82, 2.24) is 29.7 Å². The normalized spacial score (nSPS) is 15.4. The monoisotopic (exact) mass is 874 g/mol. The van der Waals surface area contributed by atoms with E-state index in [0.29, 0.717) is 24.3 Å². The van der Waals surface area contributed by atoms with E-state index in [1.165, 1.54) is 63.0 Å². The molecule has 2 saturated heterocycles. The Labute approximate surface area is 375 Å². The maximum atomic E-state index is 5.90. The quantitative estimate of drug-likeness (QED) is 0.0538. The molecule has 2 fully saturated rings. The highest BCUT2D eigenvalue weighted by atomic mass is 35.5. The first kappa shape index (κ1) is 43.8. The van der Waals surface area contributed by atoms with Crippen LogP contribution in [0.25, 0.3) is 0 Å². The predicted molar refractivity (Wildman–Crippen MR) is 248 cm³/mol. The molecule has 0 spiro atoms. The minimum absolute atomic E-state index is 0.313. The van der Waals surface area contributed by atoms with E-state index < -0.39 is 0 Å². The standard InChI is InChI=1S/C24H29N5O2.C12H12ClN3O.C12H18N2O/c1-2-13-29(12-1)14-16-31-19-10-8-18(9-11-19)26-24-27-22-7-3-6-21(22)23(28-24)25-17-20-5-4-15-30-20;13-12-15-10-5-1-4-9(10)11(16-12)14-7-8-3-2-6-17-8;13-11-3-5-12(6-4-11)15-10-9-14-7-1-2-8-14/h4-5,8-11,15H,1-3,6-7,12-14,16-17H2,(H2,25,26,27,28);2-3,6H,1,4-5,7H2,(H,14,15,16);3-6H,1-2,7-10,13H2.